The smallest absolute Gasteiger partial charge is 0.238 e. The summed E-state index contributed by atoms with van der Waals surface area (Å²) >= 11 is 1.85. The molecule has 0 aliphatic carbocycles. The lowest BCUT2D eigenvalue weighted by molar-refractivity contribution is 0.953. The normalized spacial score (nSPS) is 11.9. The van der Waals surface area contributed by atoms with Gasteiger partial charge < -0.3 is 4.57 Å². The van der Waals surface area contributed by atoms with E-state index in [9.17, 15) is 0 Å². The SMILES string of the molecule is c1ccc(-c2nc(-c3ccccc3)nc(-n3c4ccccc4c4c3ccc3c5ccccc5n(-c5cccc(-c6ccc7sc8ccccc8c7c6)c5)c34)n2)cc1. The minimum absolute atomic E-state index is 0.578. The van der Waals surface area contributed by atoms with E-state index in [1.807, 2.05) is 47.7 Å². The summed E-state index contributed by atoms with van der Waals surface area (Å²) in [7, 11) is 0. The Morgan fingerprint density at radius 3 is 1.70 bits per heavy atom. The number of aromatic nitrogens is 5. The number of para-hydroxylation sites is 2. The number of hydrogen-bond donors (Lipinski definition) is 0. The average molecular weight is 746 g/mol. The van der Waals surface area contributed by atoms with Crippen LogP contribution < -0.4 is 0 Å². The van der Waals surface area contributed by atoms with Crippen molar-refractivity contribution >= 4 is 75.1 Å². The average Bonchev–Trinajstić information content (AvgIpc) is 3.94. The number of thiophene rings is 1. The van der Waals surface area contributed by atoms with Crippen molar-refractivity contribution in [2.75, 3.05) is 0 Å². The Labute approximate surface area is 331 Å². The van der Waals surface area contributed by atoms with Gasteiger partial charge in [0.15, 0.2) is 11.6 Å². The molecule has 5 nitrogen and oxygen atoms in total. The zero-order chi connectivity index (χ0) is 37.5. The van der Waals surface area contributed by atoms with E-state index in [1.54, 1.807) is 0 Å². The topological polar surface area (TPSA) is 48.5 Å². The highest BCUT2D eigenvalue weighted by Gasteiger charge is 2.23. The summed E-state index contributed by atoms with van der Waals surface area (Å²) in [6.07, 6.45) is 0. The Kier molecular flexibility index (Phi) is 7.03. The molecule has 0 saturated carbocycles. The molecular weight excluding hydrogens is 715 g/mol. The lowest BCUT2D eigenvalue weighted by Gasteiger charge is -2.12. The maximum atomic E-state index is 5.19. The molecule has 12 rings (SSSR count). The molecule has 0 atom stereocenters. The molecule has 0 radical (unpaired) electrons. The first-order valence-electron chi connectivity index (χ1n) is 19.1. The van der Waals surface area contributed by atoms with Gasteiger partial charge in [-0.1, -0.05) is 140 Å². The van der Waals surface area contributed by atoms with E-state index in [0.29, 0.717) is 17.6 Å². The number of fused-ring (bicyclic) bond motifs is 10. The molecule has 0 unspecified atom stereocenters. The third-order valence-electron chi connectivity index (χ3n) is 11.2. The minimum atomic E-state index is 0.578. The van der Waals surface area contributed by atoms with Crippen LogP contribution in [0.25, 0.3) is 109 Å². The van der Waals surface area contributed by atoms with E-state index >= 15 is 0 Å². The van der Waals surface area contributed by atoms with E-state index in [2.05, 4.69) is 161 Å². The van der Waals surface area contributed by atoms with Gasteiger partial charge in [0.2, 0.25) is 5.95 Å². The molecule has 0 bridgehead atoms. The van der Waals surface area contributed by atoms with E-state index in [-0.39, 0.29) is 0 Å². The van der Waals surface area contributed by atoms with Crippen molar-refractivity contribution in [3.63, 3.8) is 0 Å². The molecule has 0 N–H and O–H groups in total. The highest BCUT2D eigenvalue weighted by molar-refractivity contribution is 7.25. The predicted octanol–water partition coefficient (Wildman–Crippen LogP) is 13.4. The second-order valence-electron chi connectivity index (χ2n) is 14.4. The second kappa shape index (κ2) is 12.6. The van der Waals surface area contributed by atoms with Crippen molar-refractivity contribution in [3.05, 3.63) is 188 Å². The molecule has 12 aromatic rings. The van der Waals surface area contributed by atoms with Gasteiger partial charge in [0.05, 0.1) is 22.1 Å². The molecule has 4 aromatic heterocycles. The van der Waals surface area contributed by atoms with Crippen LogP contribution in [-0.4, -0.2) is 24.1 Å². The maximum Gasteiger partial charge on any atom is 0.238 e. The van der Waals surface area contributed by atoms with Crippen LogP contribution in [0.4, 0.5) is 0 Å². The number of rotatable bonds is 5. The van der Waals surface area contributed by atoms with Crippen molar-refractivity contribution in [1.82, 2.24) is 24.1 Å². The summed E-state index contributed by atoms with van der Waals surface area (Å²) in [5.74, 6) is 1.84. The van der Waals surface area contributed by atoms with Crippen molar-refractivity contribution in [2.45, 2.75) is 0 Å². The van der Waals surface area contributed by atoms with Gasteiger partial charge in [-0.3, -0.25) is 4.57 Å². The number of benzene rings is 8. The van der Waals surface area contributed by atoms with Gasteiger partial charge in [-0.2, -0.15) is 9.97 Å². The highest BCUT2D eigenvalue weighted by Crippen LogP contribution is 2.43. The molecule has 4 heterocycles. The predicted molar refractivity (Wildman–Crippen MR) is 238 cm³/mol. The van der Waals surface area contributed by atoms with Crippen LogP contribution in [0.15, 0.2) is 188 Å². The quantitative estimate of drug-likeness (QED) is 0.176. The van der Waals surface area contributed by atoms with Gasteiger partial charge in [0.25, 0.3) is 0 Å². The van der Waals surface area contributed by atoms with Crippen molar-refractivity contribution in [1.29, 1.82) is 0 Å². The molecule has 8 aromatic carbocycles. The maximum absolute atomic E-state index is 5.19. The van der Waals surface area contributed by atoms with Crippen molar-refractivity contribution in [2.24, 2.45) is 0 Å². The molecule has 0 spiro atoms. The lowest BCUT2D eigenvalue weighted by Crippen LogP contribution is -2.06. The Balaban J connectivity index is 1.13. The Morgan fingerprint density at radius 2 is 0.947 bits per heavy atom. The van der Waals surface area contributed by atoms with Gasteiger partial charge in [-0.25, -0.2) is 4.98 Å². The molecule has 0 aliphatic heterocycles. The first-order valence-corrected chi connectivity index (χ1v) is 19.9. The molecule has 57 heavy (non-hydrogen) atoms. The molecule has 0 aliphatic rings. The number of hydrogen-bond acceptors (Lipinski definition) is 4. The molecular formula is C51H31N5S. The molecule has 0 saturated heterocycles. The fourth-order valence-electron chi connectivity index (χ4n) is 8.62. The van der Waals surface area contributed by atoms with Crippen LogP contribution in [-0.2, 0) is 0 Å². The van der Waals surface area contributed by atoms with Crippen LogP contribution in [0.3, 0.4) is 0 Å². The van der Waals surface area contributed by atoms with Crippen LogP contribution in [0.5, 0.6) is 0 Å². The number of nitrogens with zero attached hydrogens (tertiary/aromatic N) is 5. The van der Waals surface area contributed by atoms with Gasteiger partial charge >= 0.3 is 0 Å². The van der Waals surface area contributed by atoms with Gasteiger partial charge in [-0.15, -0.1) is 11.3 Å². The largest absolute Gasteiger partial charge is 0.309 e. The minimum Gasteiger partial charge on any atom is -0.309 e. The van der Waals surface area contributed by atoms with Crippen molar-refractivity contribution < 1.29 is 0 Å². The monoisotopic (exact) mass is 745 g/mol. The fraction of sp³-hybridized carbons (Fsp3) is 0. The Morgan fingerprint density at radius 1 is 0.351 bits per heavy atom. The van der Waals surface area contributed by atoms with Gasteiger partial charge in [-0.05, 0) is 59.7 Å². The Hall–Kier alpha value is -7.41. The fourth-order valence-corrected chi connectivity index (χ4v) is 9.71. The van der Waals surface area contributed by atoms with Crippen LogP contribution in [0.1, 0.15) is 0 Å². The van der Waals surface area contributed by atoms with E-state index in [0.717, 1.165) is 49.7 Å². The van der Waals surface area contributed by atoms with Crippen LogP contribution >= 0.6 is 11.3 Å². The zero-order valence-corrected chi connectivity index (χ0v) is 31.4. The summed E-state index contributed by atoms with van der Waals surface area (Å²) in [5.41, 5.74) is 9.74. The molecule has 6 heteroatoms. The summed E-state index contributed by atoms with van der Waals surface area (Å²) in [6.45, 7) is 0. The van der Waals surface area contributed by atoms with E-state index in [4.69, 9.17) is 15.0 Å². The highest BCUT2D eigenvalue weighted by atomic mass is 32.1. The van der Waals surface area contributed by atoms with Crippen molar-refractivity contribution in [3.8, 4) is 45.5 Å². The molecule has 266 valence electrons. The van der Waals surface area contributed by atoms with E-state index < -0.39 is 0 Å². The standard InChI is InChI=1S/C51H31N5S/c1-3-14-32(15-4-1)49-52-50(33-16-5-2-6-17-33)54-51(53-49)56-43-24-11-8-22-40(43)47-44(56)28-27-39-37-20-7-10-23-42(37)55(48(39)47)36-19-13-18-34(30-36)35-26-29-46-41(31-35)38-21-9-12-25-45(38)57-46/h1-31H. The Bertz CT molecular complexity index is 3470. The summed E-state index contributed by atoms with van der Waals surface area (Å²) < 4.78 is 7.28. The third-order valence-corrected chi connectivity index (χ3v) is 12.3. The van der Waals surface area contributed by atoms with Crippen LogP contribution in [0.2, 0.25) is 0 Å². The van der Waals surface area contributed by atoms with Crippen LogP contribution in [0, 0.1) is 0 Å². The molecule has 0 fully saturated rings. The third kappa shape index (κ3) is 4.98. The second-order valence-corrected chi connectivity index (χ2v) is 15.5. The lowest BCUT2D eigenvalue weighted by atomic mass is 10.0. The molecule has 0 amide bonds. The summed E-state index contributed by atoms with van der Waals surface area (Å²) in [5, 5.41) is 7.30. The first-order chi connectivity index (χ1) is 28.3. The van der Waals surface area contributed by atoms with Gasteiger partial charge in [0, 0.05) is 58.5 Å². The van der Waals surface area contributed by atoms with E-state index in [1.165, 1.54) is 42.1 Å². The zero-order valence-electron chi connectivity index (χ0n) is 30.5. The van der Waals surface area contributed by atoms with Gasteiger partial charge in [0.1, 0.15) is 0 Å². The summed E-state index contributed by atoms with van der Waals surface area (Å²) in [6, 6.07) is 66.8. The summed E-state index contributed by atoms with van der Waals surface area (Å²) in [4.78, 5) is 15.4. The first kappa shape index (κ1) is 31.9.